The number of rotatable bonds is 8. The van der Waals surface area contributed by atoms with Gasteiger partial charge in [0.05, 0.1) is 19.7 Å². The smallest absolute Gasteiger partial charge is 0.247 e. The number of aliphatic hydroxyl groups excluding tert-OH is 3. The highest BCUT2D eigenvalue weighted by atomic mass is 16.5. The molecule has 8 N–H and O–H groups in total. The number of nitrogen functional groups attached to an aromatic ring is 1. The third-order valence-corrected chi connectivity index (χ3v) is 4.61. The topological polar surface area (TPSA) is 190 Å². The molecule has 0 aromatic carbocycles. The minimum atomic E-state index is -1.21. The van der Waals surface area contributed by atoms with Crippen LogP contribution in [0.15, 0.2) is 11.4 Å². The van der Waals surface area contributed by atoms with Crippen LogP contribution >= 0.6 is 0 Å². The zero-order valence-corrected chi connectivity index (χ0v) is 16.5. The van der Waals surface area contributed by atoms with Crippen molar-refractivity contribution in [1.82, 2.24) is 19.5 Å². The molecular formula is C17H30N8O4. The summed E-state index contributed by atoms with van der Waals surface area (Å²) < 4.78 is 6.78. The lowest BCUT2D eigenvalue weighted by Gasteiger charge is -2.22. The summed E-state index contributed by atoms with van der Waals surface area (Å²) in [6, 6.07) is 0. The number of hydrogen-bond acceptors (Lipinski definition) is 11. The predicted molar refractivity (Wildman–Crippen MR) is 109 cm³/mol. The van der Waals surface area contributed by atoms with Gasteiger partial charge in [0, 0.05) is 13.3 Å². The standard InChI is InChI=1S/C16H26N8O3.CH4O/c17-8-27-15(11(26)7-25)24-9-19-12-13(18)21-16(22-14(12)24)23-20-6-10-4-2-1-3-5-10;1-2/h6,9-11,15,25-26H,1-5,7-8,17H2,(H3,18,21,22,23);2H,1H3/b20-6+;. The average molecular weight is 410 g/mol. The van der Waals surface area contributed by atoms with Gasteiger partial charge in [-0.25, -0.2) is 10.4 Å². The first-order valence-corrected chi connectivity index (χ1v) is 9.48. The monoisotopic (exact) mass is 410 g/mol. The summed E-state index contributed by atoms with van der Waals surface area (Å²) in [7, 11) is 1.00. The number of nitrogens with two attached hydrogens (primary N) is 2. The molecule has 1 fully saturated rings. The van der Waals surface area contributed by atoms with Crippen molar-refractivity contribution in [3.8, 4) is 0 Å². The molecule has 0 bridgehead atoms. The summed E-state index contributed by atoms with van der Waals surface area (Å²) in [5.74, 6) is 0.831. The predicted octanol–water partition coefficient (Wildman–Crippen LogP) is -0.220. The molecule has 0 spiro atoms. The molecule has 0 radical (unpaired) electrons. The number of nitrogens with zero attached hydrogens (tertiary/aromatic N) is 5. The van der Waals surface area contributed by atoms with E-state index in [0.29, 0.717) is 17.1 Å². The minimum Gasteiger partial charge on any atom is -0.400 e. The molecule has 1 saturated carbocycles. The molecule has 0 saturated heterocycles. The van der Waals surface area contributed by atoms with Gasteiger partial charge in [-0.2, -0.15) is 15.1 Å². The molecule has 162 valence electrons. The number of nitrogens with one attached hydrogen (secondary N) is 1. The van der Waals surface area contributed by atoms with Gasteiger partial charge in [0.1, 0.15) is 11.6 Å². The summed E-state index contributed by atoms with van der Waals surface area (Å²) in [4.78, 5) is 12.7. The Kier molecular flexibility index (Phi) is 9.15. The van der Waals surface area contributed by atoms with E-state index < -0.39 is 18.9 Å². The van der Waals surface area contributed by atoms with Crippen molar-refractivity contribution < 1.29 is 20.1 Å². The highest BCUT2D eigenvalue weighted by Crippen LogP contribution is 2.24. The molecule has 2 aromatic rings. The Labute approximate surface area is 168 Å². The molecule has 12 heteroatoms. The molecule has 2 unspecified atom stereocenters. The van der Waals surface area contributed by atoms with Crippen molar-refractivity contribution in [3.63, 3.8) is 0 Å². The van der Waals surface area contributed by atoms with Gasteiger partial charge in [-0.1, -0.05) is 19.3 Å². The second-order valence-electron chi connectivity index (χ2n) is 6.52. The zero-order chi connectivity index (χ0) is 21.2. The Morgan fingerprint density at radius 2 is 2.07 bits per heavy atom. The van der Waals surface area contributed by atoms with Crippen LogP contribution < -0.4 is 16.9 Å². The van der Waals surface area contributed by atoms with E-state index in [1.807, 2.05) is 6.21 Å². The van der Waals surface area contributed by atoms with Crippen LogP contribution in [0, 0.1) is 5.92 Å². The summed E-state index contributed by atoms with van der Waals surface area (Å²) in [6.07, 6.45) is 7.13. The quantitative estimate of drug-likeness (QED) is 0.193. The first-order chi connectivity index (χ1) is 14.1. The van der Waals surface area contributed by atoms with Gasteiger partial charge < -0.3 is 31.5 Å². The number of anilines is 2. The lowest BCUT2D eigenvalue weighted by molar-refractivity contribution is -0.0944. The highest BCUT2D eigenvalue weighted by Gasteiger charge is 2.24. The Balaban J connectivity index is 0.00000145. The van der Waals surface area contributed by atoms with Crippen molar-refractivity contribution in [2.24, 2.45) is 16.8 Å². The molecule has 3 rings (SSSR count). The molecule has 12 nitrogen and oxygen atoms in total. The van der Waals surface area contributed by atoms with Gasteiger partial charge in [-0.05, 0) is 18.8 Å². The van der Waals surface area contributed by atoms with Crippen molar-refractivity contribution in [2.45, 2.75) is 44.4 Å². The molecule has 2 aromatic heterocycles. The van der Waals surface area contributed by atoms with E-state index in [-0.39, 0.29) is 18.5 Å². The number of imidazole rings is 1. The van der Waals surface area contributed by atoms with Gasteiger partial charge in [0.15, 0.2) is 17.7 Å². The summed E-state index contributed by atoms with van der Waals surface area (Å²) >= 11 is 0. The summed E-state index contributed by atoms with van der Waals surface area (Å²) in [6.45, 7) is -0.666. The van der Waals surface area contributed by atoms with Gasteiger partial charge in [-0.3, -0.25) is 4.57 Å². The fourth-order valence-corrected chi connectivity index (χ4v) is 3.22. The van der Waals surface area contributed by atoms with E-state index in [1.54, 1.807) is 0 Å². The molecule has 29 heavy (non-hydrogen) atoms. The van der Waals surface area contributed by atoms with Crippen molar-refractivity contribution in [1.29, 1.82) is 0 Å². The van der Waals surface area contributed by atoms with Crippen LogP contribution in [0.1, 0.15) is 38.3 Å². The fraction of sp³-hybridized carbons (Fsp3) is 0.647. The van der Waals surface area contributed by atoms with Crippen LogP contribution in [0.3, 0.4) is 0 Å². The SMILES string of the molecule is CO.NCOC(C(O)CO)n1cnc2c(N)nc(N/N=C/C3CCCCC3)nc21. The largest absolute Gasteiger partial charge is 0.400 e. The Morgan fingerprint density at radius 1 is 1.34 bits per heavy atom. The third kappa shape index (κ3) is 5.81. The van der Waals surface area contributed by atoms with Gasteiger partial charge >= 0.3 is 0 Å². The number of hydrazone groups is 1. The van der Waals surface area contributed by atoms with E-state index in [1.165, 1.54) is 30.2 Å². The van der Waals surface area contributed by atoms with Crippen LogP contribution in [-0.2, 0) is 4.74 Å². The Bertz CT molecular complexity index is 778. The maximum atomic E-state index is 10.0. The van der Waals surface area contributed by atoms with E-state index in [4.69, 9.17) is 21.3 Å². The number of hydrogen-bond donors (Lipinski definition) is 6. The summed E-state index contributed by atoms with van der Waals surface area (Å²) in [5, 5.41) is 30.5. The van der Waals surface area contributed by atoms with Crippen LogP contribution in [-0.4, -0.2) is 67.6 Å². The maximum Gasteiger partial charge on any atom is 0.247 e. The molecule has 2 atom stereocenters. The van der Waals surface area contributed by atoms with Crippen LogP contribution in [0.25, 0.3) is 11.2 Å². The summed E-state index contributed by atoms with van der Waals surface area (Å²) in [5.41, 5.74) is 14.9. The van der Waals surface area contributed by atoms with E-state index >= 15 is 0 Å². The van der Waals surface area contributed by atoms with Gasteiger partial charge in [0.25, 0.3) is 0 Å². The van der Waals surface area contributed by atoms with Gasteiger partial charge in [0.2, 0.25) is 5.95 Å². The van der Waals surface area contributed by atoms with E-state index in [9.17, 15) is 10.2 Å². The number of ether oxygens (including phenoxy) is 1. The van der Waals surface area contributed by atoms with Crippen LogP contribution in [0.5, 0.6) is 0 Å². The number of fused-ring (bicyclic) bond motifs is 1. The van der Waals surface area contributed by atoms with E-state index in [0.717, 1.165) is 20.0 Å². The molecular weight excluding hydrogens is 380 g/mol. The molecule has 1 aliphatic carbocycles. The number of aliphatic hydroxyl groups is 3. The second-order valence-corrected chi connectivity index (χ2v) is 6.52. The Morgan fingerprint density at radius 3 is 2.72 bits per heavy atom. The normalized spacial score (nSPS) is 17.1. The number of aromatic nitrogens is 4. The minimum absolute atomic E-state index is 0.154. The second kappa shape index (κ2) is 11.6. The van der Waals surface area contributed by atoms with Crippen LogP contribution in [0.2, 0.25) is 0 Å². The maximum absolute atomic E-state index is 10.0. The van der Waals surface area contributed by atoms with Crippen molar-refractivity contribution >= 4 is 29.1 Å². The van der Waals surface area contributed by atoms with Crippen LogP contribution in [0.4, 0.5) is 11.8 Å². The molecule has 1 aliphatic rings. The van der Waals surface area contributed by atoms with Crippen molar-refractivity contribution in [2.75, 3.05) is 31.6 Å². The van der Waals surface area contributed by atoms with Crippen molar-refractivity contribution in [3.05, 3.63) is 6.33 Å². The fourth-order valence-electron chi connectivity index (χ4n) is 3.22. The molecule has 0 aliphatic heterocycles. The lowest BCUT2D eigenvalue weighted by Crippen LogP contribution is -2.31. The highest BCUT2D eigenvalue weighted by molar-refractivity contribution is 5.83. The molecule has 2 heterocycles. The van der Waals surface area contributed by atoms with E-state index in [2.05, 4.69) is 25.5 Å². The lowest BCUT2D eigenvalue weighted by atomic mass is 9.90. The average Bonchev–Trinajstić information content (AvgIpc) is 3.18. The Hall–Kier alpha value is -2.38. The first-order valence-electron chi connectivity index (χ1n) is 9.48. The third-order valence-electron chi connectivity index (χ3n) is 4.61. The molecule has 0 amide bonds. The zero-order valence-electron chi connectivity index (χ0n) is 16.5. The first kappa shape index (κ1) is 22.9. The van der Waals surface area contributed by atoms with Gasteiger partial charge in [-0.15, -0.1) is 0 Å².